The minimum atomic E-state index is -0.917. The number of phenols is 1. The third-order valence-electron chi connectivity index (χ3n) is 4.65. The van der Waals surface area contributed by atoms with Crippen molar-refractivity contribution in [2.45, 2.75) is 46.3 Å². The Bertz CT molecular complexity index is 710. The number of benzene rings is 2. The van der Waals surface area contributed by atoms with Gasteiger partial charge in [0.1, 0.15) is 11.5 Å². The van der Waals surface area contributed by atoms with Crippen molar-refractivity contribution < 1.29 is 14.9 Å². The van der Waals surface area contributed by atoms with E-state index in [1.807, 2.05) is 69.3 Å². The lowest BCUT2D eigenvalue weighted by molar-refractivity contribution is -0.0812. The molecule has 0 aliphatic heterocycles. The average Bonchev–Trinajstić information content (AvgIpc) is 2.55. The molecule has 0 spiro atoms. The summed E-state index contributed by atoms with van der Waals surface area (Å²) in [5.74, 6) is 0.899. The van der Waals surface area contributed by atoms with E-state index >= 15 is 0 Å². The first-order valence-corrected chi connectivity index (χ1v) is 8.55. The van der Waals surface area contributed by atoms with E-state index in [4.69, 9.17) is 4.74 Å². The summed E-state index contributed by atoms with van der Waals surface area (Å²) in [6.07, 6.45) is 2.93. The normalized spacial score (nSPS) is 13.8. The molecule has 2 aromatic rings. The standard InChI is InChI=1S/C22H28O3/c1-6-15-21(2,3)20(24)25-19-13-9-17(10-14-19)22(4,5)16-7-11-18(23)12-8-16/h6-15,20,23-24H,1-5H3. The van der Waals surface area contributed by atoms with Crippen LogP contribution in [0.1, 0.15) is 45.7 Å². The first kappa shape index (κ1) is 19.1. The monoisotopic (exact) mass is 340 g/mol. The van der Waals surface area contributed by atoms with Crippen LogP contribution in [0.3, 0.4) is 0 Å². The van der Waals surface area contributed by atoms with Gasteiger partial charge >= 0.3 is 0 Å². The lowest BCUT2D eigenvalue weighted by Gasteiger charge is -2.29. The first-order chi connectivity index (χ1) is 11.7. The Balaban J connectivity index is 2.17. The summed E-state index contributed by atoms with van der Waals surface area (Å²) >= 11 is 0. The van der Waals surface area contributed by atoms with Gasteiger partial charge in [0.25, 0.3) is 0 Å². The van der Waals surface area contributed by atoms with Gasteiger partial charge in [0.15, 0.2) is 0 Å². The van der Waals surface area contributed by atoms with Gasteiger partial charge in [-0.05, 0) is 42.3 Å². The van der Waals surface area contributed by atoms with Gasteiger partial charge in [-0.2, -0.15) is 0 Å². The van der Waals surface area contributed by atoms with E-state index in [1.54, 1.807) is 12.1 Å². The number of rotatable bonds is 6. The Morgan fingerprint density at radius 3 is 1.84 bits per heavy atom. The molecule has 3 nitrogen and oxygen atoms in total. The maximum absolute atomic E-state index is 10.3. The van der Waals surface area contributed by atoms with Crippen LogP contribution in [0, 0.1) is 5.41 Å². The zero-order valence-corrected chi connectivity index (χ0v) is 15.7. The van der Waals surface area contributed by atoms with E-state index in [9.17, 15) is 10.2 Å². The molecule has 2 aromatic carbocycles. The molecule has 1 unspecified atom stereocenters. The number of allylic oxidation sites excluding steroid dienone is 1. The summed E-state index contributed by atoms with van der Waals surface area (Å²) in [7, 11) is 0. The molecule has 2 N–H and O–H groups in total. The molecule has 25 heavy (non-hydrogen) atoms. The van der Waals surface area contributed by atoms with Crippen LogP contribution in [-0.2, 0) is 5.41 Å². The fraction of sp³-hybridized carbons (Fsp3) is 0.364. The van der Waals surface area contributed by atoms with Crippen molar-refractivity contribution in [3.8, 4) is 11.5 Å². The summed E-state index contributed by atoms with van der Waals surface area (Å²) < 4.78 is 5.69. The first-order valence-electron chi connectivity index (χ1n) is 8.55. The zero-order valence-electron chi connectivity index (χ0n) is 15.7. The molecule has 0 aromatic heterocycles. The van der Waals surface area contributed by atoms with Gasteiger partial charge < -0.3 is 14.9 Å². The third-order valence-corrected chi connectivity index (χ3v) is 4.65. The predicted octanol–water partition coefficient (Wildman–Crippen LogP) is 5.02. The van der Waals surface area contributed by atoms with Gasteiger partial charge in [0.2, 0.25) is 6.29 Å². The van der Waals surface area contributed by atoms with Gasteiger partial charge in [0, 0.05) is 10.8 Å². The largest absolute Gasteiger partial charge is 0.508 e. The molecule has 0 fully saturated rings. The van der Waals surface area contributed by atoms with Gasteiger partial charge in [-0.25, -0.2) is 0 Å². The van der Waals surface area contributed by atoms with Crippen LogP contribution in [-0.4, -0.2) is 16.5 Å². The molecule has 2 rings (SSSR count). The van der Waals surface area contributed by atoms with Crippen molar-refractivity contribution in [2.24, 2.45) is 5.41 Å². The SMILES string of the molecule is CC=CC(C)(C)C(O)Oc1ccc(C(C)(C)c2ccc(O)cc2)cc1. The van der Waals surface area contributed by atoms with E-state index in [2.05, 4.69) is 13.8 Å². The van der Waals surface area contributed by atoms with E-state index < -0.39 is 11.7 Å². The van der Waals surface area contributed by atoms with Crippen LogP contribution in [0.4, 0.5) is 0 Å². The highest BCUT2D eigenvalue weighted by atomic mass is 16.6. The number of hydrogen-bond donors (Lipinski definition) is 2. The molecule has 0 radical (unpaired) electrons. The quantitative estimate of drug-likeness (QED) is 0.573. The van der Waals surface area contributed by atoms with Crippen LogP contribution >= 0.6 is 0 Å². The predicted molar refractivity (Wildman–Crippen MR) is 102 cm³/mol. The van der Waals surface area contributed by atoms with Crippen LogP contribution < -0.4 is 4.74 Å². The van der Waals surface area contributed by atoms with Crippen molar-refractivity contribution in [1.82, 2.24) is 0 Å². The second-order valence-corrected chi connectivity index (χ2v) is 7.49. The maximum atomic E-state index is 10.3. The number of aromatic hydroxyl groups is 1. The highest BCUT2D eigenvalue weighted by Gasteiger charge is 2.27. The van der Waals surface area contributed by atoms with Crippen molar-refractivity contribution in [1.29, 1.82) is 0 Å². The van der Waals surface area contributed by atoms with Crippen LogP contribution in [0.5, 0.6) is 11.5 Å². The molecule has 0 saturated carbocycles. The van der Waals surface area contributed by atoms with Gasteiger partial charge in [-0.3, -0.25) is 0 Å². The smallest absolute Gasteiger partial charge is 0.206 e. The molecule has 0 heterocycles. The molecule has 0 aliphatic rings. The van der Waals surface area contributed by atoms with E-state index in [-0.39, 0.29) is 11.2 Å². The van der Waals surface area contributed by atoms with Gasteiger partial charge in [0.05, 0.1) is 0 Å². The molecule has 1 atom stereocenters. The Morgan fingerprint density at radius 1 is 0.880 bits per heavy atom. The fourth-order valence-corrected chi connectivity index (χ4v) is 2.79. The Kier molecular flexibility index (Phi) is 5.58. The number of hydrogen-bond acceptors (Lipinski definition) is 3. The molecule has 0 aliphatic carbocycles. The number of aliphatic hydroxyl groups excluding tert-OH is 1. The number of aliphatic hydroxyl groups is 1. The maximum Gasteiger partial charge on any atom is 0.206 e. The minimum Gasteiger partial charge on any atom is -0.508 e. The summed E-state index contributed by atoms with van der Waals surface area (Å²) in [5.41, 5.74) is 1.59. The zero-order chi connectivity index (χ0) is 18.7. The molecular weight excluding hydrogens is 312 g/mol. The second kappa shape index (κ2) is 7.32. The van der Waals surface area contributed by atoms with Crippen LogP contribution in [0.15, 0.2) is 60.7 Å². The van der Waals surface area contributed by atoms with E-state index in [0.29, 0.717) is 5.75 Å². The second-order valence-electron chi connectivity index (χ2n) is 7.49. The molecule has 134 valence electrons. The lowest BCUT2D eigenvalue weighted by Crippen LogP contribution is -2.32. The van der Waals surface area contributed by atoms with Gasteiger partial charge in [-0.1, -0.05) is 64.1 Å². The molecule has 3 heteroatoms. The van der Waals surface area contributed by atoms with E-state index in [0.717, 1.165) is 11.1 Å². The average molecular weight is 340 g/mol. The summed E-state index contributed by atoms with van der Waals surface area (Å²) in [6, 6.07) is 15.1. The lowest BCUT2D eigenvalue weighted by atomic mass is 9.78. The minimum absolute atomic E-state index is 0.199. The van der Waals surface area contributed by atoms with Crippen molar-refractivity contribution in [3.63, 3.8) is 0 Å². The Morgan fingerprint density at radius 2 is 1.36 bits per heavy atom. The molecule has 0 saturated heterocycles. The number of phenolic OH excluding ortho intramolecular Hbond substituents is 1. The van der Waals surface area contributed by atoms with Crippen molar-refractivity contribution in [3.05, 3.63) is 71.8 Å². The van der Waals surface area contributed by atoms with Crippen LogP contribution in [0.2, 0.25) is 0 Å². The third kappa shape index (κ3) is 4.43. The molecule has 0 bridgehead atoms. The Labute approximate surface area is 150 Å². The molecular formula is C22H28O3. The van der Waals surface area contributed by atoms with Crippen molar-refractivity contribution >= 4 is 0 Å². The Hall–Kier alpha value is -2.26. The topological polar surface area (TPSA) is 49.7 Å². The highest BCUT2D eigenvalue weighted by molar-refractivity contribution is 5.41. The summed E-state index contributed by atoms with van der Waals surface area (Å²) in [6.45, 7) is 10.1. The summed E-state index contributed by atoms with van der Waals surface area (Å²) in [4.78, 5) is 0. The van der Waals surface area contributed by atoms with Crippen molar-refractivity contribution in [2.75, 3.05) is 0 Å². The fourth-order valence-electron chi connectivity index (χ4n) is 2.79. The highest BCUT2D eigenvalue weighted by Crippen LogP contribution is 2.34. The van der Waals surface area contributed by atoms with Gasteiger partial charge in [-0.15, -0.1) is 0 Å². The summed E-state index contributed by atoms with van der Waals surface area (Å²) in [5, 5.41) is 19.8. The number of ether oxygens (including phenoxy) is 1. The van der Waals surface area contributed by atoms with Crippen LogP contribution in [0.25, 0.3) is 0 Å². The molecule has 0 amide bonds. The van der Waals surface area contributed by atoms with E-state index in [1.165, 1.54) is 0 Å².